The molecule has 0 unspecified atom stereocenters. The minimum Gasteiger partial charge on any atom is -0.450 e. The normalized spacial score (nSPS) is 14.8. The number of rotatable bonds is 5. The van der Waals surface area contributed by atoms with Gasteiger partial charge in [0.05, 0.1) is 13.2 Å². The molecule has 2 rings (SSSR count). The molecule has 140 valence electrons. The highest BCUT2D eigenvalue weighted by molar-refractivity contribution is 5.99. The summed E-state index contributed by atoms with van der Waals surface area (Å²) in [5.41, 5.74) is 1.47. The molecular weight excluding hydrogens is 334 g/mol. The van der Waals surface area contributed by atoms with Crippen molar-refractivity contribution in [1.29, 1.82) is 0 Å². The fourth-order valence-corrected chi connectivity index (χ4v) is 2.63. The fraction of sp³-hybridized carbons (Fsp3) is 0.421. The molecular formula is C19H25N3O4. The van der Waals surface area contributed by atoms with Gasteiger partial charge in [0.15, 0.2) is 0 Å². The van der Waals surface area contributed by atoms with E-state index in [4.69, 9.17) is 4.74 Å². The third-order valence-electron chi connectivity index (χ3n) is 4.10. The van der Waals surface area contributed by atoms with Gasteiger partial charge < -0.3 is 19.9 Å². The number of ether oxygens (including phenoxy) is 1. The van der Waals surface area contributed by atoms with Crippen molar-refractivity contribution in [1.82, 2.24) is 15.1 Å². The zero-order valence-corrected chi connectivity index (χ0v) is 15.2. The summed E-state index contributed by atoms with van der Waals surface area (Å²) in [5.74, 6) is -0.429. The van der Waals surface area contributed by atoms with Crippen LogP contribution < -0.4 is 5.32 Å². The predicted octanol–water partition coefficient (Wildman–Crippen LogP) is 1.51. The lowest BCUT2D eigenvalue weighted by Gasteiger charge is -2.34. The number of hydrogen-bond donors (Lipinski definition) is 1. The van der Waals surface area contributed by atoms with Crippen LogP contribution in [0.4, 0.5) is 4.79 Å². The molecule has 1 aliphatic heterocycles. The number of nitrogens with zero attached hydrogens (tertiary/aromatic N) is 2. The highest BCUT2D eigenvalue weighted by atomic mass is 16.6. The molecule has 1 aromatic rings. The Hall–Kier alpha value is -2.83. The van der Waals surface area contributed by atoms with Gasteiger partial charge in [0, 0.05) is 31.8 Å². The highest BCUT2D eigenvalue weighted by Crippen LogP contribution is 2.07. The summed E-state index contributed by atoms with van der Waals surface area (Å²) in [4.78, 5) is 39.2. The van der Waals surface area contributed by atoms with Crippen LogP contribution in [0.2, 0.25) is 0 Å². The first-order valence-electron chi connectivity index (χ1n) is 8.72. The van der Waals surface area contributed by atoms with E-state index in [1.807, 2.05) is 30.3 Å². The molecule has 0 radical (unpaired) electrons. The third-order valence-corrected chi connectivity index (χ3v) is 4.10. The molecule has 1 heterocycles. The Bertz CT molecular complexity index is 665. The number of amides is 3. The lowest BCUT2D eigenvalue weighted by molar-refractivity contribution is -0.133. The molecule has 1 N–H and O–H groups in total. The Kier molecular flexibility index (Phi) is 7.20. The topological polar surface area (TPSA) is 79.0 Å². The van der Waals surface area contributed by atoms with Crippen molar-refractivity contribution in [3.8, 4) is 0 Å². The summed E-state index contributed by atoms with van der Waals surface area (Å²) >= 11 is 0. The zero-order valence-electron chi connectivity index (χ0n) is 15.2. The number of piperazine rings is 1. The highest BCUT2D eigenvalue weighted by Gasteiger charge is 2.24. The van der Waals surface area contributed by atoms with Crippen molar-refractivity contribution in [2.45, 2.75) is 13.8 Å². The van der Waals surface area contributed by atoms with E-state index in [-0.39, 0.29) is 24.5 Å². The second kappa shape index (κ2) is 9.60. The van der Waals surface area contributed by atoms with Gasteiger partial charge in [-0.05, 0) is 25.5 Å². The van der Waals surface area contributed by atoms with E-state index in [0.29, 0.717) is 38.4 Å². The number of nitrogens with one attached hydrogen (secondary N) is 1. The Morgan fingerprint density at radius 2 is 1.69 bits per heavy atom. The van der Waals surface area contributed by atoms with Crippen molar-refractivity contribution >= 4 is 24.0 Å². The molecule has 1 aromatic carbocycles. The van der Waals surface area contributed by atoms with Crippen molar-refractivity contribution in [3.63, 3.8) is 0 Å². The van der Waals surface area contributed by atoms with Crippen LogP contribution in [-0.4, -0.2) is 67.0 Å². The second-order valence-corrected chi connectivity index (χ2v) is 5.99. The molecule has 7 heteroatoms. The van der Waals surface area contributed by atoms with Gasteiger partial charge in [-0.25, -0.2) is 4.79 Å². The maximum absolute atomic E-state index is 12.2. The lowest BCUT2D eigenvalue weighted by Crippen LogP contribution is -2.52. The Morgan fingerprint density at radius 1 is 1.08 bits per heavy atom. The molecule has 1 fully saturated rings. The number of carbonyl (C=O) groups is 3. The molecule has 0 aromatic heterocycles. The van der Waals surface area contributed by atoms with Gasteiger partial charge in [-0.15, -0.1) is 0 Å². The molecule has 3 amide bonds. The molecule has 1 saturated heterocycles. The fourth-order valence-electron chi connectivity index (χ4n) is 2.63. The standard InChI is InChI=1S/C19H25N3O4/c1-3-26-19(25)22-11-9-21(10-12-22)17(23)14-20-18(24)15(2)13-16-7-5-4-6-8-16/h4-8,13H,3,9-12,14H2,1-2H3,(H,20,24)/b15-13+. The average Bonchev–Trinajstić information content (AvgIpc) is 2.67. The van der Waals surface area contributed by atoms with Crippen LogP contribution in [0.25, 0.3) is 6.08 Å². The molecule has 0 atom stereocenters. The van der Waals surface area contributed by atoms with E-state index in [1.54, 1.807) is 29.7 Å². The smallest absolute Gasteiger partial charge is 0.409 e. The molecule has 26 heavy (non-hydrogen) atoms. The Balaban J connectivity index is 1.77. The molecule has 0 saturated carbocycles. The molecule has 0 bridgehead atoms. The van der Waals surface area contributed by atoms with Crippen LogP contribution in [0, 0.1) is 0 Å². The number of benzene rings is 1. The van der Waals surface area contributed by atoms with Gasteiger partial charge in [0.2, 0.25) is 11.8 Å². The summed E-state index contributed by atoms with van der Waals surface area (Å²) < 4.78 is 4.95. The minimum atomic E-state index is -0.352. The van der Waals surface area contributed by atoms with E-state index in [0.717, 1.165) is 5.56 Å². The zero-order chi connectivity index (χ0) is 18.9. The van der Waals surface area contributed by atoms with Crippen LogP contribution in [0.3, 0.4) is 0 Å². The van der Waals surface area contributed by atoms with Crippen molar-refractivity contribution in [2.24, 2.45) is 0 Å². The quantitative estimate of drug-likeness (QED) is 0.808. The maximum atomic E-state index is 12.2. The van der Waals surface area contributed by atoms with Gasteiger partial charge in [-0.2, -0.15) is 0 Å². The van der Waals surface area contributed by atoms with Crippen LogP contribution in [0.5, 0.6) is 0 Å². The van der Waals surface area contributed by atoms with Crippen LogP contribution >= 0.6 is 0 Å². The molecule has 7 nitrogen and oxygen atoms in total. The maximum Gasteiger partial charge on any atom is 0.409 e. The van der Waals surface area contributed by atoms with E-state index in [9.17, 15) is 14.4 Å². The lowest BCUT2D eigenvalue weighted by atomic mass is 10.1. The average molecular weight is 359 g/mol. The van der Waals surface area contributed by atoms with E-state index >= 15 is 0 Å². The third kappa shape index (κ3) is 5.61. The van der Waals surface area contributed by atoms with Crippen LogP contribution in [0.15, 0.2) is 35.9 Å². The van der Waals surface area contributed by atoms with Crippen LogP contribution in [-0.2, 0) is 14.3 Å². The van der Waals surface area contributed by atoms with Gasteiger partial charge in [0.25, 0.3) is 0 Å². The largest absolute Gasteiger partial charge is 0.450 e. The van der Waals surface area contributed by atoms with Gasteiger partial charge in [-0.3, -0.25) is 9.59 Å². The molecule has 0 spiro atoms. The van der Waals surface area contributed by atoms with Crippen molar-refractivity contribution in [3.05, 3.63) is 41.5 Å². The first-order chi connectivity index (χ1) is 12.5. The Morgan fingerprint density at radius 3 is 2.31 bits per heavy atom. The summed E-state index contributed by atoms with van der Waals surface area (Å²) in [7, 11) is 0. The minimum absolute atomic E-state index is 0.0573. The van der Waals surface area contributed by atoms with Crippen molar-refractivity contribution < 1.29 is 19.1 Å². The summed E-state index contributed by atoms with van der Waals surface area (Å²) in [6.07, 6.45) is 1.42. The monoisotopic (exact) mass is 359 g/mol. The number of carbonyl (C=O) groups excluding carboxylic acids is 3. The summed E-state index contributed by atoms with van der Waals surface area (Å²) in [6.45, 7) is 5.49. The predicted molar refractivity (Wildman–Crippen MR) is 98.3 cm³/mol. The van der Waals surface area contributed by atoms with Gasteiger partial charge >= 0.3 is 6.09 Å². The van der Waals surface area contributed by atoms with E-state index in [1.165, 1.54) is 0 Å². The molecule has 0 aliphatic carbocycles. The first kappa shape index (κ1) is 19.5. The summed E-state index contributed by atoms with van der Waals surface area (Å²) in [6, 6.07) is 9.52. The van der Waals surface area contributed by atoms with Crippen LogP contribution in [0.1, 0.15) is 19.4 Å². The second-order valence-electron chi connectivity index (χ2n) is 5.99. The van der Waals surface area contributed by atoms with E-state index in [2.05, 4.69) is 5.32 Å². The van der Waals surface area contributed by atoms with Gasteiger partial charge in [-0.1, -0.05) is 30.3 Å². The number of hydrogen-bond acceptors (Lipinski definition) is 4. The van der Waals surface area contributed by atoms with Crippen molar-refractivity contribution in [2.75, 3.05) is 39.3 Å². The van der Waals surface area contributed by atoms with E-state index < -0.39 is 0 Å². The summed E-state index contributed by atoms with van der Waals surface area (Å²) in [5, 5.41) is 2.65. The Labute approximate surface area is 153 Å². The first-order valence-corrected chi connectivity index (χ1v) is 8.72. The van der Waals surface area contributed by atoms with Gasteiger partial charge in [0.1, 0.15) is 0 Å². The molecule has 1 aliphatic rings. The SMILES string of the molecule is CCOC(=O)N1CCN(C(=O)CNC(=O)/C(C)=C/c2ccccc2)CC1.